The standard InChI is InChI=1S/C20H15ClINO4/c1-3-9-26-18-12(5-4-6-17(18)25-2)10-16-20(24)27-19(23-16)14-11-13(22)7-8-15(14)21/h3-8,10-11H,1,9H2,2H3/b16-10-. The first-order valence-corrected chi connectivity index (χ1v) is 9.38. The topological polar surface area (TPSA) is 57.1 Å². The summed E-state index contributed by atoms with van der Waals surface area (Å²) in [4.78, 5) is 16.6. The number of benzene rings is 2. The van der Waals surface area contributed by atoms with Gasteiger partial charge in [-0.25, -0.2) is 9.79 Å². The average molecular weight is 496 g/mol. The van der Waals surface area contributed by atoms with E-state index < -0.39 is 5.97 Å². The molecule has 0 saturated heterocycles. The number of ether oxygens (including phenoxy) is 3. The molecule has 0 fully saturated rings. The zero-order chi connectivity index (χ0) is 19.4. The van der Waals surface area contributed by atoms with Crippen LogP contribution in [0.25, 0.3) is 6.08 Å². The van der Waals surface area contributed by atoms with Gasteiger partial charge in [-0.05, 0) is 52.9 Å². The lowest BCUT2D eigenvalue weighted by Crippen LogP contribution is -2.06. The molecule has 0 spiro atoms. The van der Waals surface area contributed by atoms with Gasteiger partial charge in [0.1, 0.15) is 6.61 Å². The van der Waals surface area contributed by atoms with Crippen LogP contribution in [0, 0.1) is 3.57 Å². The Hall–Kier alpha value is -2.32. The maximum atomic E-state index is 12.3. The number of hydrogen-bond donors (Lipinski definition) is 0. The van der Waals surface area contributed by atoms with E-state index in [4.69, 9.17) is 25.8 Å². The quantitative estimate of drug-likeness (QED) is 0.249. The van der Waals surface area contributed by atoms with E-state index in [0.717, 1.165) is 3.57 Å². The van der Waals surface area contributed by atoms with Crippen molar-refractivity contribution in [2.75, 3.05) is 13.7 Å². The second kappa shape index (κ2) is 8.58. The fourth-order valence-corrected chi connectivity index (χ4v) is 3.13. The SMILES string of the molecule is C=CCOc1c(/C=C2\N=C(c3cc(I)ccc3Cl)OC2=O)cccc1OC. The molecule has 2 aromatic carbocycles. The van der Waals surface area contributed by atoms with Crippen LogP contribution in [0.15, 0.2) is 59.7 Å². The Morgan fingerprint density at radius 2 is 2.15 bits per heavy atom. The van der Waals surface area contributed by atoms with Crippen molar-refractivity contribution >= 4 is 52.1 Å². The van der Waals surface area contributed by atoms with Crippen molar-refractivity contribution in [1.82, 2.24) is 0 Å². The molecule has 0 aliphatic carbocycles. The van der Waals surface area contributed by atoms with Gasteiger partial charge in [0, 0.05) is 9.13 Å². The van der Waals surface area contributed by atoms with Gasteiger partial charge >= 0.3 is 5.97 Å². The van der Waals surface area contributed by atoms with Crippen molar-refractivity contribution < 1.29 is 19.0 Å². The number of para-hydroxylation sites is 1. The third-order valence-electron chi connectivity index (χ3n) is 3.65. The number of aliphatic imine (C=N–C) groups is 1. The van der Waals surface area contributed by atoms with Crippen molar-refractivity contribution in [3.05, 3.63) is 74.5 Å². The van der Waals surface area contributed by atoms with Crippen molar-refractivity contribution in [3.8, 4) is 11.5 Å². The lowest BCUT2D eigenvalue weighted by molar-refractivity contribution is -0.129. The Balaban J connectivity index is 2.02. The molecule has 0 atom stereocenters. The largest absolute Gasteiger partial charge is 0.493 e. The predicted molar refractivity (Wildman–Crippen MR) is 113 cm³/mol. The van der Waals surface area contributed by atoms with Crippen LogP contribution < -0.4 is 9.47 Å². The van der Waals surface area contributed by atoms with E-state index in [1.807, 2.05) is 12.1 Å². The summed E-state index contributed by atoms with van der Waals surface area (Å²) in [6, 6.07) is 10.8. The van der Waals surface area contributed by atoms with Crippen molar-refractivity contribution in [2.45, 2.75) is 0 Å². The molecule has 27 heavy (non-hydrogen) atoms. The summed E-state index contributed by atoms with van der Waals surface area (Å²) in [6.45, 7) is 3.94. The zero-order valence-corrected chi connectivity index (χ0v) is 17.3. The first-order valence-electron chi connectivity index (χ1n) is 7.92. The van der Waals surface area contributed by atoms with Crippen LogP contribution >= 0.6 is 34.2 Å². The van der Waals surface area contributed by atoms with Crippen molar-refractivity contribution in [2.24, 2.45) is 4.99 Å². The highest BCUT2D eigenvalue weighted by Crippen LogP contribution is 2.34. The Kier molecular flexibility index (Phi) is 6.18. The van der Waals surface area contributed by atoms with Crippen LogP contribution in [0.1, 0.15) is 11.1 Å². The number of carbonyl (C=O) groups excluding carboxylic acids is 1. The summed E-state index contributed by atoms with van der Waals surface area (Å²) >= 11 is 8.37. The van der Waals surface area contributed by atoms with E-state index in [-0.39, 0.29) is 11.6 Å². The Morgan fingerprint density at radius 3 is 2.89 bits per heavy atom. The molecule has 5 nitrogen and oxygen atoms in total. The molecule has 0 saturated carbocycles. The number of nitrogens with zero attached hydrogens (tertiary/aromatic N) is 1. The van der Waals surface area contributed by atoms with E-state index in [1.165, 1.54) is 0 Å². The van der Waals surface area contributed by atoms with Crippen LogP contribution in [-0.4, -0.2) is 25.6 Å². The summed E-state index contributed by atoms with van der Waals surface area (Å²) in [5.41, 5.74) is 1.35. The third kappa shape index (κ3) is 4.33. The van der Waals surface area contributed by atoms with Crippen LogP contribution in [0.2, 0.25) is 5.02 Å². The molecule has 1 aliphatic rings. The molecule has 7 heteroatoms. The number of cyclic esters (lactones) is 1. The first-order chi connectivity index (χ1) is 13.0. The van der Waals surface area contributed by atoms with Crippen LogP contribution in [0.4, 0.5) is 0 Å². The van der Waals surface area contributed by atoms with Gasteiger partial charge in [-0.3, -0.25) is 0 Å². The highest BCUT2D eigenvalue weighted by atomic mass is 127. The van der Waals surface area contributed by atoms with E-state index in [2.05, 4.69) is 34.2 Å². The van der Waals surface area contributed by atoms with Crippen molar-refractivity contribution in [1.29, 1.82) is 0 Å². The number of rotatable bonds is 6. The number of halogens is 2. The molecule has 1 heterocycles. The minimum atomic E-state index is -0.558. The molecule has 0 N–H and O–H groups in total. The Labute approximate surface area is 175 Å². The van der Waals surface area contributed by atoms with E-state index in [9.17, 15) is 4.79 Å². The molecule has 0 aromatic heterocycles. The zero-order valence-electron chi connectivity index (χ0n) is 14.4. The number of hydrogen-bond acceptors (Lipinski definition) is 5. The summed E-state index contributed by atoms with van der Waals surface area (Å²) in [7, 11) is 1.55. The fraction of sp³-hybridized carbons (Fsp3) is 0.100. The highest BCUT2D eigenvalue weighted by Gasteiger charge is 2.26. The van der Waals surface area contributed by atoms with Gasteiger partial charge in [0.05, 0.1) is 17.7 Å². The lowest BCUT2D eigenvalue weighted by atomic mass is 10.1. The van der Waals surface area contributed by atoms with Gasteiger partial charge in [0.15, 0.2) is 17.2 Å². The fourth-order valence-electron chi connectivity index (χ4n) is 2.44. The summed E-state index contributed by atoms with van der Waals surface area (Å²) in [5, 5.41) is 0.458. The van der Waals surface area contributed by atoms with Crippen LogP contribution in [0.3, 0.4) is 0 Å². The smallest absolute Gasteiger partial charge is 0.363 e. The molecule has 1 aliphatic heterocycles. The normalized spacial score (nSPS) is 14.7. The maximum Gasteiger partial charge on any atom is 0.363 e. The molecule has 0 radical (unpaired) electrons. The Bertz CT molecular complexity index is 968. The number of carbonyl (C=O) groups is 1. The van der Waals surface area contributed by atoms with Gasteiger partial charge in [0.25, 0.3) is 0 Å². The summed E-state index contributed by atoms with van der Waals surface area (Å²) in [5.74, 6) is 0.655. The van der Waals surface area contributed by atoms with Gasteiger partial charge in [-0.15, -0.1) is 0 Å². The predicted octanol–water partition coefficient (Wildman–Crippen LogP) is 4.86. The van der Waals surface area contributed by atoms with Crippen molar-refractivity contribution in [3.63, 3.8) is 0 Å². The summed E-state index contributed by atoms with van der Waals surface area (Å²) < 4.78 is 17.3. The minimum Gasteiger partial charge on any atom is -0.493 e. The van der Waals surface area contributed by atoms with E-state index >= 15 is 0 Å². The monoisotopic (exact) mass is 495 g/mol. The van der Waals surface area contributed by atoms with E-state index in [0.29, 0.717) is 34.3 Å². The first kappa shape index (κ1) is 19.4. The molecule has 3 rings (SSSR count). The molecule has 0 bridgehead atoms. The average Bonchev–Trinajstić information content (AvgIpc) is 3.02. The van der Waals surface area contributed by atoms with Crippen LogP contribution in [0.5, 0.6) is 11.5 Å². The molecular formula is C20H15ClINO4. The number of esters is 1. The maximum absolute atomic E-state index is 12.3. The molecule has 138 valence electrons. The molecule has 0 unspecified atom stereocenters. The molecule has 2 aromatic rings. The van der Waals surface area contributed by atoms with Gasteiger partial charge in [0.2, 0.25) is 5.90 Å². The number of methoxy groups -OCH3 is 1. The minimum absolute atomic E-state index is 0.150. The van der Waals surface area contributed by atoms with Gasteiger partial charge in [-0.1, -0.05) is 36.4 Å². The molecular weight excluding hydrogens is 481 g/mol. The van der Waals surface area contributed by atoms with Gasteiger partial charge in [-0.2, -0.15) is 0 Å². The Morgan fingerprint density at radius 1 is 1.33 bits per heavy atom. The third-order valence-corrected chi connectivity index (χ3v) is 4.65. The van der Waals surface area contributed by atoms with Gasteiger partial charge < -0.3 is 14.2 Å². The van der Waals surface area contributed by atoms with E-state index in [1.54, 1.807) is 43.5 Å². The van der Waals surface area contributed by atoms with Crippen LogP contribution in [-0.2, 0) is 9.53 Å². The second-order valence-electron chi connectivity index (χ2n) is 5.44. The molecule has 0 amide bonds. The summed E-state index contributed by atoms with van der Waals surface area (Å²) in [6.07, 6.45) is 3.22. The lowest BCUT2D eigenvalue weighted by Gasteiger charge is -2.12. The highest BCUT2D eigenvalue weighted by molar-refractivity contribution is 14.1. The second-order valence-corrected chi connectivity index (χ2v) is 7.09.